The van der Waals surface area contributed by atoms with Gasteiger partial charge in [-0.25, -0.2) is 9.97 Å². The van der Waals surface area contributed by atoms with E-state index in [9.17, 15) is 4.79 Å². The van der Waals surface area contributed by atoms with Gasteiger partial charge < -0.3 is 10.6 Å². The summed E-state index contributed by atoms with van der Waals surface area (Å²) in [5.74, 6) is 0.315. The molecule has 0 spiro atoms. The highest BCUT2D eigenvalue weighted by molar-refractivity contribution is 5.92. The van der Waals surface area contributed by atoms with Gasteiger partial charge in [0.15, 0.2) is 0 Å². The lowest BCUT2D eigenvalue weighted by Crippen LogP contribution is -2.24. The molecule has 0 fully saturated rings. The Hall–Kier alpha value is -3.28. The molecule has 0 unspecified atom stereocenters. The van der Waals surface area contributed by atoms with E-state index in [0.717, 1.165) is 16.8 Å². The van der Waals surface area contributed by atoms with Crippen molar-refractivity contribution < 1.29 is 4.79 Å². The highest BCUT2D eigenvalue weighted by atomic mass is 16.1. The van der Waals surface area contributed by atoms with Crippen LogP contribution in [0.15, 0.2) is 61.2 Å². The summed E-state index contributed by atoms with van der Waals surface area (Å²) < 4.78 is 0. The van der Waals surface area contributed by atoms with E-state index in [1.54, 1.807) is 18.5 Å². The summed E-state index contributed by atoms with van der Waals surface area (Å²) in [6, 6.07) is 13.3. The predicted molar refractivity (Wildman–Crippen MR) is 91.9 cm³/mol. The molecule has 0 aliphatic rings. The summed E-state index contributed by atoms with van der Waals surface area (Å²) in [4.78, 5) is 24.4. The Morgan fingerprint density at radius 2 is 2.04 bits per heavy atom. The molecular weight excluding hydrogens is 302 g/mol. The van der Waals surface area contributed by atoms with Crippen molar-refractivity contribution in [1.82, 2.24) is 20.3 Å². The number of aromatic nitrogens is 3. The fraction of sp³-hybridized carbons (Fsp3) is 0.111. The monoisotopic (exact) mass is 319 g/mol. The van der Waals surface area contributed by atoms with E-state index >= 15 is 0 Å². The Labute approximate surface area is 140 Å². The SMILES string of the molecule is Cc1cccc(Nc2cc(C(=O)NCc3cccnc3)ncn2)c1. The third kappa shape index (κ3) is 4.13. The molecule has 0 aliphatic carbocycles. The highest BCUT2D eigenvalue weighted by Gasteiger charge is 2.09. The molecule has 3 rings (SSSR count). The number of rotatable bonds is 5. The zero-order valence-corrected chi connectivity index (χ0v) is 13.2. The van der Waals surface area contributed by atoms with Gasteiger partial charge in [0.05, 0.1) is 0 Å². The van der Waals surface area contributed by atoms with E-state index in [0.29, 0.717) is 18.1 Å². The lowest BCUT2D eigenvalue weighted by Gasteiger charge is -2.08. The first-order valence-electron chi connectivity index (χ1n) is 7.53. The molecule has 24 heavy (non-hydrogen) atoms. The smallest absolute Gasteiger partial charge is 0.270 e. The quantitative estimate of drug-likeness (QED) is 0.756. The summed E-state index contributed by atoms with van der Waals surface area (Å²) >= 11 is 0. The van der Waals surface area contributed by atoms with Crippen molar-refractivity contribution in [1.29, 1.82) is 0 Å². The maximum Gasteiger partial charge on any atom is 0.270 e. The molecule has 120 valence electrons. The van der Waals surface area contributed by atoms with Gasteiger partial charge in [0.25, 0.3) is 5.91 Å². The van der Waals surface area contributed by atoms with E-state index in [1.165, 1.54) is 6.33 Å². The Balaban J connectivity index is 1.67. The Morgan fingerprint density at radius 3 is 2.83 bits per heavy atom. The number of benzene rings is 1. The molecule has 2 aromatic heterocycles. The first kappa shape index (κ1) is 15.6. The second-order valence-corrected chi connectivity index (χ2v) is 5.33. The van der Waals surface area contributed by atoms with Gasteiger partial charge in [-0.2, -0.15) is 0 Å². The fourth-order valence-corrected chi connectivity index (χ4v) is 2.20. The van der Waals surface area contributed by atoms with E-state index in [-0.39, 0.29) is 5.91 Å². The number of nitrogens with one attached hydrogen (secondary N) is 2. The van der Waals surface area contributed by atoms with E-state index in [4.69, 9.17) is 0 Å². The molecule has 0 radical (unpaired) electrons. The van der Waals surface area contributed by atoms with Gasteiger partial charge in [0, 0.05) is 30.7 Å². The van der Waals surface area contributed by atoms with Crippen LogP contribution in [0.2, 0.25) is 0 Å². The zero-order chi connectivity index (χ0) is 16.8. The van der Waals surface area contributed by atoms with E-state index < -0.39 is 0 Å². The predicted octanol–water partition coefficient (Wildman–Crippen LogP) is 2.85. The van der Waals surface area contributed by atoms with Gasteiger partial charge in [-0.3, -0.25) is 9.78 Å². The minimum atomic E-state index is -0.256. The van der Waals surface area contributed by atoms with Gasteiger partial charge in [0.1, 0.15) is 17.8 Å². The van der Waals surface area contributed by atoms with Crippen LogP contribution in [0.3, 0.4) is 0 Å². The average molecular weight is 319 g/mol. The molecule has 6 nitrogen and oxygen atoms in total. The normalized spacial score (nSPS) is 10.2. The van der Waals surface area contributed by atoms with Gasteiger partial charge in [-0.15, -0.1) is 0 Å². The third-order valence-corrected chi connectivity index (χ3v) is 3.37. The number of nitrogens with zero attached hydrogens (tertiary/aromatic N) is 3. The lowest BCUT2D eigenvalue weighted by atomic mass is 10.2. The number of pyridine rings is 1. The van der Waals surface area contributed by atoms with Gasteiger partial charge in [-0.05, 0) is 36.2 Å². The molecule has 0 atom stereocenters. The minimum Gasteiger partial charge on any atom is -0.347 e. The Bertz CT molecular complexity index is 836. The van der Waals surface area contributed by atoms with Crippen molar-refractivity contribution in [2.24, 2.45) is 0 Å². The largest absolute Gasteiger partial charge is 0.347 e. The third-order valence-electron chi connectivity index (χ3n) is 3.37. The fourth-order valence-electron chi connectivity index (χ4n) is 2.20. The number of hydrogen-bond acceptors (Lipinski definition) is 5. The second kappa shape index (κ2) is 7.32. The molecule has 0 saturated heterocycles. The molecule has 0 aliphatic heterocycles. The zero-order valence-electron chi connectivity index (χ0n) is 13.2. The number of carbonyl (C=O) groups excluding carboxylic acids is 1. The Kier molecular flexibility index (Phi) is 4.76. The number of amides is 1. The number of carbonyl (C=O) groups is 1. The van der Waals surface area contributed by atoms with Crippen LogP contribution >= 0.6 is 0 Å². The summed E-state index contributed by atoms with van der Waals surface area (Å²) in [6.07, 6.45) is 4.78. The number of anilines is 2. The summed E-state index contributed by atoms with van der Waals surface area (Å²) in [5, 5.41) is 5.99. The molecule has 2 heterocycles. The van der Waals surface area contributed by atoms with Crippen LogP contribution in [0, 0.1) is 6.92 Å². The van der Waals surface area contributed by atoms with Gasteiger partial charge >= 0.3 is 0 Å². The molecule has 0 bridgehead atoms. The van der Waals surface area contributed by atoms with E-state index in [2.05, 4.69) is 25.6 Å². The van der Waals surface area contributed by atoms with Crippen molar-refractivity contribution in [3.05, 3.63) is 78.0 Å². The number of aryl methyl sites for hydroxylation is 1. The maximum absolute atomic E-state index is 12.2. The van der Waals surface area contributed by atoms with Crippen LogP contribution in [0.1, 0.15) is 21.6 Å². The van der Waals surface area contributed by atoms with E-state index in [1.807, 2.05) is 43.3 Å². The summed E-state index contributed by atoms with van der Waals surface area (Å²) in [5.41, 5.74) is 3.29. The standard InChI is InChI=1S/C18H17N5O/c1-13-4-2-6-15(8-13)23-17-9-16(21-12-22-17)18(24)20-11-14-5-3-7-19-10-14/h2-10,12H,11H2,1H3,(H,20,24)(H,21,22,23). The van der Waals surface area contributed by atoms with Crippen LogP contribution in [0.25, 0.3) is 0 Å². The topological polar surface area (TPSA) is 79.8 Å². The molecule has 2 N–H and O–H groups in total. The average Bonchev–Trinajstić information content (AvgIpc) is 2.61. The first-order valence-corrected chi connectivity index (χ1v) is 7.53. The molecule has 1 aromatic carbocycles. The molecule has 3 aromatic rings. The van der Waals surface area contributed by atoms with Crippen LogP contribution < -0.4 is 10.6 Å². The molecular formula is C18H17N5O. The van der Waals surface area contributed by atoms with Gasteiger partial charge in [-0.1, -0.05) is 18.2 Å². The van der Waals surface area contributed by atoms with Crippen LogP contribution in [-0.2, 0) is 6.54 Å². The Morgan fingerprint density at radius 1 is 1.12 bits per heavy atom. The van der Waals surface area contributed by atoms with Crippen molar-refractivity contribution in [2.45, 2.75) is 13.5 Å². The van der Waals surface area contributed by atoms with Crippen molar-refractivity contribution >= 4 is 17.4 Å². The summed E-state index contributed by atoms with van der Waals surface area (Å²) in [7, 11) is 0. The minimum absolute atomic E-state index is 0.256. The van der Waals surface area contributed by atoms with Crippen molar-refractivity contribution in [3.63, 3.8) is 0 Å². The van der Waals surface area contributed by atoms with Crippen molar-refractivity contribution in [2.75, 3.05) is 5.32 Å². The molecule has 1 amide bonds. The molecule has 0 saturated carbocycles. The van der Waals surface area contributed by atoms with Crippen molar-refractivity contribution in [3.8, 4) is 0 Å². The number of hydrogen-bond donors (Lipinski definition) is 2. The second-order valence-electron chi connectivity index (χ2n) is 5.33. The van der Waals surface area contributed by atoms with Crippen LogP contribution in [0.4, 0.5) is 11.5 Å². The lowest BCUT2D eigenvalue weighted by molar-refractivity contribution is 0.0946. The van der Waals surface area contributed by atoms with Gasteiger partial charge in [0.2, 0.25) is 0 Å². The first-order chi connectivity index (χ1) is 11.7. The van der Waals surface area contributed by atoms with Crippen LogP contribution in [-0.4, -0.2) is 20.9 Å². The van der Waals surface area contributed by atoms with Crippen LogP contribution in [0.5, 0.6) is 0 Å². The summed E-state index contributed by atoms with van der Waals surface area (Å²) in [6.45, 7) is 2.42. The molecule has 6 heteroatoms. The maximum atomic E-state index is 12.2. The highest BCUT2D eigenvalue weighted by Crippen LogP contribution is 2.15.